The van der Waals surface area contributed by atoms with Gasteiger partial charge >= 0.3 is 0 Å². The van der Waals surface area contributed by atoms with Crippen molar-refractivity contribution in [3.8, 4) is 18.1 Å². The van der Waals surface area contributed by atoms with Crippen molar-refractivity contribution in [2.24, 2.45) is 0 Å². The number of pyridine rings is 1. The van der Waals surface area contributed by atoms with Crippen LogP contribution in [-0.4, -0.2) is 23.5 Å². The number of nitrogens with one attached hydrogen (secondary N) is 2. The summed E-state index contributed by atoms with van der Waals surface area (Å²) in [7, 11) is 1.56. The number of amides is 1. The lowest BCUT2D eigenvalue weighted by Gasteiger charge is -2.24. The van der Waals surface area contributed by atoms with Crippen LogP contribution in [0.25, 0.3) is 0 Å². The van der Waals surface area contributed by atoms with E-state index in [2.05, 4.69) is 21.5 Å². The fourth-order valence-electron chi connectivity index (χ4n) is 2.09. The van der Waals surface area contributed by atoms with Crippen molar-refractivity contribution in [3.63, 3.8) is 0 Å². The number of methoxy groups -OCH3 is 1. The lowest BCUT2D eigenvalue weighted by molar-refractivity contribution is 0.0924. The van der Waals surface area contributed by atoms with E-state index < -0.39 is 17.3 Å². The van der Waals surface area contributed by atoms with Crippen LogP contribution in [0.5, 0.6) is 5.75 Å². The van der Waals surface area contributed by atoms with Crippen molar-refractivity contribution in [2.45, 2.75) is 25.8 Å². The van der Waals surface area contributed by atoms with Crippen LogP contribution < -0.4 is 15.4 Å². The molecule has 6 heteroatoms. The second kappa shape index (κ2) is 7.67. The molecule has 2 N–H and O–H groups in total. The minimum Gasteiger partial charge on any atom is -0.497 e. The lowest BCUT2D eigenvalue weighted by Crippen LogP contribution is -2.44. The number of ether oxygens (including phenoxy) is 1. The Morgan fingerprint density at radius 3 is 2.84 bits per heavy atom. The Hall–Kier alpha value is -3.07. The standard InChI is InChI=1S/C19H20FN3O2/c1-5-19(3,6-2)23-18(24)16-10-13(20)12-21-17(16)22-14-8-7-9-15(11-14)25-4/h1,7-12H,6H2,2-4H3,(H,21,22)(H,23,24). The third kappa shape index (κ3) is 4.48. The Morgan fingerprint density at radius 1 is 1.44 bits per heavy atom. The monoisotopic (exact) mass is 341 g/mol. The molecule has 0 bridgehead atoms. The molecule has 1 unspecified atom stereocenters. The fraction of sp³-hybridized carbons (Fsp3) is 0.263. The van der Waals surface area contributed by atoms with Gasteiger partial charge in [-0.25, -0.2) is 9.37 Å². The molecule has 0 fully saturated rings. The second-order valence-corrected chi connectivity index (χ2v) is 5.69. The van der Waals surface area contributed by atoms with Crippen molar-refractivity contribution in [2.75, 3.05) is 12.4 Å². The van der Waals surface area contributed by atoms with E-state index in [1.807, 2.05) is 6.92 Å². The van der Waals surface area contributed by atoms with Crippen molar-refractivity contribution in [1.82, 2.24) is 10.3 Å². The van der Waals surface area contributed by atoms with E-state index in [9.17, 15) is 9.18 Å². The molecule has 2 rings (SSSR count). The quantitative estimate of drug-likeness (QED) is 0.790. The zero-order valence-electron chi connectivity index (χ0n) is 14.4. The zero-order valence-corrected chi connectivity index (χ0v) is 14.4. The van der Waals surface area contributed by atoms with E-state index in [4.69, 9.17) is 11.2 Å². The van der Waals surface area contributed by atoms with Crippen molar-refractivity contribution in [3.05, 3.63) is 47.9 Å². The van der Waals surface area contributed by atoms with Gasteiger partial charge in [-0.1, -0.05) is 18.9 Å². The van der Waals surface area contributed by atoms with E-state index in [-0.39, 0.29) is 11.4 Å². The van der Waals surface area contributed by atoms with E-state index in [1.165, 1.54) is 0 Å². The van der Waals surface area contributed by atoms with Crippen LogP contribution in [0.15, 0.2) is 36.5 Å². The first-order valence-electron chi connectivity index (χ1n) is 7.77. The Bertz CT molecular complexity index is 817. The van der Waals surface area contributed by atoms with E-state index in [1.54, 1.807) is 38.3 Å². The van der Waals surface area contributed by atoms with Crippen molar-refractivity contribution >= 4 is 17.4 Å². The molecule has 130 valence electrons. The van der Waals surface area contributed by atoms with Gasteiger partial charge in [-0.05, 0) is 31.5 Å². The summed E-state index contributed by atoms with van der Waals surface area (Å²) in [5.74, 6) is 2.30. The van der Waals surface area contributed by atoms with Gasteiger partial charge in [-0.15, -0.1) is 6.42 Å². The summed E-state index contributed by atoms with van der Waals surface area (Å²) < 4.78 is 18.8. The molecular formula is C19H20FN3O2. The summed E-state index contributed by atoms with van der Waals surface area (Å²) in [4.78, 5) is 16.6. The lowest BCUT2D eigenvalue weighted by atomic mass is 9.99. The van der Waals surface area contributed by atoms with Gasteiger partial charge in [0, 0.05) is 11.8 Å². The molecule has 0 saturated heterocycles. The van der Waals surface area contributed by atoms with Crippen molar-refractivity contribution < 1.29 is 13.9 Å². The van der Waals surface area contributed by atoms with Crippen LogP contribution >= 0.6 is 0 Å². The molecule has 0 aliphatic rings. The molecule has 0 radical (unpaired) electrons. The average Bonchev–Trinajstić information content (AvgIpc) is 2.63. The largest absolute Gasteiger partial charge is 0.497 e. The maximum atomic E-state index is 13.6. The smallest absolute Gasteiger partial charge is 0.256 e. The van der Waals surface area contributed by atoms with E-state index in [0.29, 0.717) is 17.9 Å². The topological polar surface area (TPSA) is 63.2 Å². The Balaban J connectivity index is 2.34. The van der Waals surface area contributed by atoms with Crippen molar-refractivity contribution in [1.29, 1.82) is 0 Å². The van der Waals surface area contributed by atoms with Crippen LogP contribution in [0.3, 0.4) is 0 Å². The van der Waals surface area contributed by atoms with E-state index >= 15 is 0 Å². The number of terminal acetylenes is 1. The summed E-state index contributed by atoms with van der Waals surface area (Å²) in [6.45, 7) is 3.59. The SMILES string of the molecule is C#CC(C)(CC)NC(=O)c1cc(F)cnc1Nc1cccc(OC)c1. The molecule has 0 aliphatic carbocycles. The van der Waals surface area contributed by atoms with Gasteiger partial charge in [0.15, 0.2) is 0 Å². The number of anilines is 2. The minimum atomic E-state index is -0.823. The molecule has 1 aromatic carbocycles. The number of hydrogen-bond donors (Lipinski definition) is 2. The van der Waals surface area contributed by atoms with Gasteiger partial charge in [0.05, 0.1) is 24.4 Å². The van der Waals surface area contributed by atoms with Gasteiger partial charge in [0.25, 0.3) is 5.91 Å². The molecule has 1 atom stereocenters. The van der Waals surface area contributed by atoms with Gasteiger partial charge in [-0.2, -0.15) is 0 Å². The number of halogens is 1. The first-order valence-corrected chi connectivity index (χ1v) is 7.77. The van der Waals surface area contributed by atoms with Crippen LogP contribution in [-0.2, 0) is 0 Å². The second-order valence-electron chi connectivity index (χ2n) is 5.69. The number of nitrogens with zero attached hydrogens (tertiary/aromatic N) is 1. The third-order valence-electron chi connectivity index (χ3n) is 3.85. The molecule has 1 heterocycles. The van der Waals surface area contributed by atoms with Gasteiger partial charge in [0.1, 0.15) is 17.4 Å². The first kappa shape index (κ1) is 18.3. The third-order valence-corrected chi connectivity index (χ3v) is 3.85. The summed E-state index contributed by atoms with van der Waals surface area (Å²) in [5.41, 5.74) is -0.100. The molecule has 0 spiro atoms. The number of aromatic nitrogens is 1. The maximum absolute atomic E-state index is 13.6. The Kier molecular flexibility index (Phi) is 5.60. The molecule has 1 aromatic heterocycles. The number of carbonyl (C=O) groups excluding carboxylic acids is 1. The molecule has 0 aliphatic heterocycles. The molecule has 1 amide bonds. The molecule has 25 heavy (non-hydrogen) atoms. The normalized spacial score (nSPS) is 12.6. The van der Waals surface area contributed by atoms with E-state index in [0.717, 1.165) is 12.3 Å². The highest BCUT2D eigenvalue weighted by Gasteiger charge is 2.24. The molecule has 5 nitrogen and oxygen atoms in total. The Morgan fingerprint density at radius 2 is 2.20 bits per heavy atom. The predicted octanol–water partition coefficient (Wildman–Crippen LogP) is 3.50. The number of benzene rings is 1. The molecule has 2 aromatic rings. The molecule has 0 saturated carbocycles. The maximum Gasteiger partial charge on any atom is 0.256 e. The number of hydrogen-bond acceptors (Lipinski definition) is 4. The highest BCUT2D eigenvalue weighted by molar-refractivity contribution is 6.00. The Labute approximate surface area is 146 Å². The predicted molar refractivity (Wildman–Crippen MR) is 95.5 cm³/mol. The van der Waals surface area contributed by atoms with Gasteiger partial charge in [-0.3, -0.25) is 4.79 Å². The summed E-state index contributed by atoms with van der Waals surface area (Å²) in [6, 6.07) is 8.22. The average molecular weight is 341 g/mol. The summed E-state index contributed by atoms with van der Waals surface area (Å²) in [6.07, 6.45) is 7.06. The van der Waals surface area contributed by atoms with Gasteiger partial charge in [0.2, 0.25) is 0 Å². The first-order chi connectivity index (χ1) is 11.9. The highest BCUT2D eigenvalue weighted by Crippen LogP contribution is 2.23. The van der Waals surface area contributed by atoms with Crippen LogP contribution in [0, 0.1) is 18.2 Å². The van der Waals surface area contributed by atoms with Crippen LogP contribution in [0.4, 0.5) is 15.9 Å². The van der Waals surface area contributed by atoms with Crippen LogP contribution in [0.2, 0.25) is 0 Å². The minimum absolute atomic E-state index is 0.0674. The summed E-state index contributed by atoms with van der Waals surface area (Å²) in [5, 5.41) is 5.75. The molecular weight excluding hydrogens is 321 g/mol. The number of rotatable bonds is 6. The van der Waals surface area contributed by atoms with Crippen LogP contribution in [0.1, 0.15) is 30.6 Å². The fourth-order valence-corrected chi connectivity index (χ4v) is 2.09. The highest BCUT2D eigenvalue weighted by atomic mass is 19.1. The summed E-state index contributed by atoms with van der Waals surface area (Å²) >= 11 is 0. The number of carbonyl (C=O) groups is 1. The van der Waals surface area contributed by atoms with Gasteiger partial charge < -0.3 is 15.4 Å². The zero-order chi connectivity index (χ0) is 18.4.